The minimum atomic E-state index is -0.537. The number of ether oxygens (including phenoxy) is 2. The second kappa shape index (κ2) is 8.42. The highest BCUT2D eigenvalue weighted by molar-refractivity contribution is 7.98. The van der Waals surface area contributed by atoms with Crippen molar-refractivity contribution in [2.45, 2.75) is 50.1 Å². The summed E-state index contributed by atoms with van der Waals surface area (Å²) in [6.07, 6.45) is 5.07. The van der Waals surface area contributed by atoms with E-state index in [1.165, 1.54) is 7.11 Å². The number of benzene rings is 1. The van der Waals surface area contributed by atoms with Crippen LogP contribution in [0.15, 0.2) is 23.1 Å². The van der Waals surface area contributed by atoms with Gasteiger partial charge in [-0.05, 0) is 57.6 Å². The lowest BCUT2D eigenvalue weighted by atomic mass is 9.97. The molecule has 0 N–H and O–H groups in total. The zero-order valence-corrected chi connectivity index (χ0v) is 15.5. The summed E-state index contributed by atoms with van der Waals surface area (Å²) in [5.41, 5.74) is 0.336. The minimum Gasteiger partial charge on any atom is -0.496 e. The number of rotatable bonds is 5. The smallest absolute Gasteiger partial charge is 0.342 e. The molecule has 1 saturated heterocycles. The van der Waals surface area contributed by atoms with Crippen LogP contribution in [-0.2, 0) is 9.53 Å². The summed E-state index contributed by atoms with van der Waals surface area (Å²) < 4.78 is 10.5. The Morgan fingerprint density at radius 3 is 2.50 bits per heavy atom. The summed E-state index contributed by atoms with van der Waals surface area (Å²) in [5, 5.41) is 0. The Bertz CT molecular complexity index is 595. The predicted molar refractivity (Wildman–Crippen MR) is 94.7 cm³/mol. The van der Waals surface area contributed by atoms with E-state index in [0.29, 0.717) is 11.3 Å². The highest BCUT2D eigenvalue weighted by atomic mass is 32.2. The lowest BCUT2D eigenvalue weighted by Crippen LogP contribution is -2.49. The van der Waals surface area contributed by atoms with Crippen molar-refractivity contribution in [3.05, 3.63) is 23.8 Å². The van der Waals surface area contributed by atoms with Crippen molar-refractivity contribution in [2.24, 2.45) is 0 Å². The maximum Gasteiger partial charge on any atom is 0.342 e. The number of carbonyl (C=O) groups is 2. The number of thioether (sulfide) groups is 1. The van der Waals surface area contributed by atoms with E-state index < -0.39 is 5.97 Å². The molecule has 2 unspecified atom stereocenters. The van der Waals surface area contributed by atoms with E-state index in [1.807, 2.05) is 31.1 Å². The Kier molecular flexibility index (Phi) is 6.54. The van der Waals surface area contributed by atoms with E-state index >= 15 is 0 Å². The predicted octanol–water partition coefficient (Wildman–Crippen LogP) is 3.36. The van der Waals surface area contributed by atoms with Gasteiger partial charge in [0.2, 0.25) is 0 Å². The number of carbonyl (C=O) groups excluding carboxylic acids is 2. The molecule has 0 aliphatic carbocycles. The van der Waals surface area contributed by atoms with Crippen LogP contribution in [-0.4, -0.2) is 48.8 Å². The first-order chi connectivity index (χ1) is 11.5. The monoisotopic (exact) mass is 351 g/mol. The van der Waals surface area contributed by atoms with Crippen molar-refractivity contribution in [3.8, 4) is 5.75 Å². The van der Waals surface area contributed by atoms with Crippen LogP contribution in [0, 0.1) is 0 Å². The summed E-state index contributed by atoms with van der Waals surface area (Å²) in [6, 6.07) is 5.67. The molecule has 0 bridgehead atoms. The van der Waals surface area contributed by atoms with Gasteiger partial charge in [0, 0.05) is 17.0 Å². The van der Waals surface area contributed by atoms with E-state index in [0.717, 1.165) is 24.2 Å². The summed E-state index contributed by atoms with van der Waals surface area (Å²) >= 11 is 1.56. The van der Waals surface area contributed by atoms with Crippen LogP contribution in [0.1, 0.15) is 43.5 Å². The average molecular weight is 351 g/mol. The summed E-state index contributed by atoms with van der Waals surface area (Å²) in [6.45, 7) is 3.85. The molecule has 132 valence electrons. The van der Waals surface area contributed by atoms with Crippen LogP contribution >= 0.6 is 11.8 Å². The van der Waals surface area contributed by atoms with Gasteiger partial charge in [0.05, 0.1) is 7.11 Å². The molecule has 1 heterocycles. The largest absolute Gasteiger partial charge is 0.496 e. The Hall–Kier alpha value is -1.69. The van der Waals surface area contributed by atoms with Crippen LogP contribution in [0.4, 0.5) is 0 Å². The standard InChI is InChI=1S/C18H25NO4S/c1-12-6-5-7-13(2)19(12)17(20)11-23-18(21)15-9-8-14(24-4)10-16(15)22-3/h8-10,12-13H,5-7,11H2,1-4H3. The Labute approximate surface area is 147 Å². The molecule has 0 spiro atoms. The highest BCUT2D eigenvalue weighted by Crippen LogP contribution is 2.26. The van der Waals surface area contributed by atoms with E-state index in [1.54, 1.807) is 23.9 Å². The molecule has 0 saturated carbocycles. The van der Waals surface area contributed by atoms with Crippen LogP contribution in [0.25, 0.3) is 0 Å². The van der Waals surface area contributed by atoms with Gasteiger partial charge in [0.1, 0.15) is 11.3 Å². The molecule has 1 amide bonds. The van der Waals surface area contributed by atoms with E-state index in [2.05, 4.69) is 0 Å². The fraction of sp³-hybridized carbons (Fsp3) is 0.556. The third-order valence-electron chi connectivity index (χ3n) is 4.44. The SMILES string of the molecule is COc1cc(SC)ccc1C(=O)OCC(=O)N1C(C)CCCC1C. The van der Waals surface area contributed by atoms with Crippen molar-refractivity contribution in [2.75, 3.05) is 20.0 Å². The number of piperidine rings is 1. The van der Waals surface area contributed by atoms with Crippen LogP contribution in [0.5, 0.6) is 5.75 Å². The number of nitrogens with zero attached hydrogens (tertiary/aromatic N) is 1. The molecule has 2 atom stereocenters. The Morgan fingerprint density at radius 2 is 1.92 bits per heavy atom. The first-order valence-electron chi connectivity index (χ1n) is 8.18. The zero-order valence-electron chi connectivity index (χ0n) is 14.7. The fourth-order valence-electron chi connectivity index (χ4n) is 3.16. The molecule has 6 heteroatoms. The normalized spacial score (nSPS) is 20.6. The topological polar surface area (TPSA) is 55.8 Å². The first-order valence-corrected chi connectivity index (χ1v) is 9.40. The molecule has 0 radical (unpaired) electrons. The maximum absolute atomic E-state index is 12.4. The molecule has 1 aromatic carbocycles. The fourth-order valence-corrected chi connectivity index (χ4v) is 3.59. The van der Waals surface area contributed by atoms with Crippen LogP contribution in [0.3, 0.4) is 0 Å². The quantitative estimate of drug-likeness (QED) is 0.601. The Morgan fingerprint density at radius 1 is 1.25 bits per heavy atom. The number of likely N-dealkylation sites (tertiary alicyclic amines) is 1. The van der Waals surface area contributed by atoms with E-state index in [-0.39, 0.29) is 24.6 Å². The zero-order chi connectivity index (χ0) is 17.7. The van der Waals surface area contributed by atoms with Gasteiger partial charge in [-0.1, -0.05) is 0 Å². The number of esters is 1. The average Bonchev–Trinajstić information content (AvgIpc) is 2.58. The lowest BCUT2D eigenvalue weighted by Gasteiger charge is -2.38. The summed E-state index contributed by atoms with van der Waals surface area (Å²) in [7, 11) is 1.51. The molecule has 1 aliphatic heterocycles. The van der Waals surface area contributed by atoms with Gasteiger partial charge in [0.25, 0.3) is 5.91 Å². The summed E-state index contributed by atoms with van der Waals surface area (Å²) in [4.78, 5) is 27.6. The Balaban J connectivity index is 2.01. The molecule has 2 rings (SSSR count). The molecule has 0 aromatic heterocycles. The van der Waals surface area contributed by atoms with Gasteiger partial charge in [-0.2, -0.15) is 0 Å². The molecule has 24 heavy (non-hydrogen) atoms. The van der Waals surface area contributed by atoms with Gasteiger partial charge in [-0.25, -0.2) is 4.79 Å². The van der Waals surface area contributed by atoms with Gasteiger partial charge in [-0.15, -0.1) is 11.8 Å². The van der Waals surface area contributed by atoms with Gasteiger partial charge >= 0.3 is 5.97 Å². The van der Waals surface area contributed by atoms with Crippen molar-refractivity contribution in [1.29, 1.82) is 0 Å². The number of hydrogen-bond acceptors (Lipinski definition) is 5. The van der Waals surface area contributed by atoms with E-state index in [4.69, 9.17) is 9.47 Å². The van der Waals surface area contributed by atoms with Gasteiger partial charge < -0.3 is 14.4 Å². The van der Waals surface area contributed by atoms with Crippen LogP contribution in [0.2, 0.25) is 0 Å². The van der Waals surface area contributed by atoms with Crippen LogP contribution < -0.4 is 4.74 Å². The van der Waals surface area contributed by atoms with E-state index in [9.17, 15) is 9.59 Å². The van der Waals surface area contributed by atoms with Gasteiger partial charge in [-0.3, -0.25) is 4.79 Å². The van der Waals surface area contributed by atoms with Crippen molar-refractivity contribution >= 4 is 23.6 Å². The second-order valence-corrected chi connectivity index (χ2v) is 6.95. The molecular weight excluding hydrogens is 326 g/mol. The highest BCUT2D eigenvalue weighted by Gasteiger charge is 2.29. The molecule has 5 nitrogen and oxygen atoms in total. The van der Waals surface area contributed by atoms with Crippen molar-refractivity contribution < 1.29 is 19.1 Å². The maximum atomic E-state index is 12.4. The molecule has 1 aliphatic rings. The summed E-state index contributed by atoms with van der Waals surface area (Å²) in [5.74, 6) is -0.216. The van der Waals surface area contributed by atoms with Crippen molar-refractivity contribution in [1.82, 2.24) is 4.90 Å². The third-order valence-corrected chi connectivity index (χ3v) is 5.16. The molecular formula is C18H25NO4S. The number of methoxy groups -OCH3 is 1. The molecule has 1 aromatic rings. The van der Waals surface area contributed by atoms with Crippen molar-refractivity contribution in [3.63, 3.8) is 0 Å². The minimum absolute atomic E-state index is 0.136. The lowest BCUT2D eigenvalue weighted by molar-refractivity contribution is -0.140. The number of amides is 1. The molecule has 1 fully saturated rings. The second-order valence-electron chi connectivity index (χ2n) is 6.07. The number of hydrogen-bond donors (Lipinski definition) is 0. The third kappa shape index (κ3) is 4.23. The van der Waals surface area contributed by atoms with Gasteiger partial charge in [0.15, 0.2) is 6.61 Å². The first kappa shape index (κ1) is 18.6.